The van der Waals surface area contributed by atoms with Crippen molar-refractivity contribution in [2.24, 2.45) is 7.05 Å². The maximum atomic E-state index is 6.32. The molecule has 6 heteroatoms. The van der Waals surface area contributed by atoms with Gasteiger partial charge in [-0.15, -0.1) is 0 Å². The summed E-state index contributed by atoms with van der Waals surface area (Å²) in [5.74, 6) is 0.899. The number of halogens is 1. The lowest BCUT2D eigenvalue weighted by Crippen LogP contribution is -2.44. The SMILES string of the molecule is C[C@H]1COCCN1c1cc(Cl)c2c(cnn2C)n1. The molecule has 0 unspecified atom stereocenters. The Morgan fingerprint density at radius 3 is 3.11 bits per heavy atom. The smallest absolute Gasteiger partial charge is 0.131 e. The lowest BCUT2D eigenvalue weighted by molar-refractivity contribution is 0.0986. The second-order valence-electron chi connectivity index (χ2n) is 4.58. The molecule has 0 bridgehead atoms. The Labute approximate surface area is 110 Å². The van der Waals surface area contributed by atoms with Crippen LogP contribution >= 0.6 is 11.6 Å². The van der Waals surface area contributed by atoms with E-state index < -0.39 is 0 Å². The van der Waals surface area contributed by atoms with Crippen molar-refractivity contribution in [1.82, 2.24) is 14.8 Å². The van der Waals surface area contributed by atoms with Crippen molar-refractivity contribution in [2.75, 3.05) is 24.7 Å². The summed E-state index contributed by atoms with van der Waals surface area (Å²) < 4.78 is 7.18. The van der Waals surface area contributed by atoms with Gasteiger partial charge in [-0.1, -0.05) is 11.6 Å². The molecule has 0 saturated carbocycles. The third kappa shape index (κ3) is 1.83. The lowest BCUT2D eigenvalue weighted by Gasteiger charge is -2.34. The summed E-state index contributed by atoms with van der Waals surface area (Å²) in [6.07, 6.45) is 1.75. The predicted molar refractivity (Wildman–Crippen MR) is 71.1 cm³/mol. The Morgan fingerprint density at radius 1 is 1.50 bits per heavy atom. The van der Waals surface area contributed by atoms with Crippen molar-refractivity contribution in [1.29, 1.82) is 0 Å². The zero-order valence-corrected chi connectivity index (χ0v) is 11.2. The van der Waals surface area contributed by atoms with Crippen LogP contribution in [0.5, 0.6) is 0 Å². The minimum Gasteiger partial charge on any atom is -0.377 e. The quantitative estimate of drug-likeness (QED) is 0.790. The maximum absolute atomic E-state index is 6.32. The highest BCUT2D eigenvalue weighted by Gasteiger charge is 2.21. The third-order valence-electron chi connectivity index (χ3n) is 3.30. The molecule has 1 saturated heterocycles. The molecular weight excluding hydrogens is 252 g/mol. The van der Waals surface area contributed by atoms with Crippen LogP contribution in [0.2, 0.25) is 5.02 Å². The number of fused-ring (bicyclic) bond motifs is 1. The highest BCUT2D eigenvalue weighted by Crippen LogP contribution is 2.27. The van der Waals surface area contributed by atoms with Gasteiger partial charge in [-0.25, -0.2) is 4.98 Å². The molecule has 0 radical (unpaired) electrons. The fourth-order valence-corrected chi connectivity index (χ4v) is 2.65. The van der Waals surface area contributed by atoms with E-state index in [4.69, 9.17) is 16.3 Å². The molecule has 1 aliphatic rings. The van der Waals surface area contributed by atoms with Crippen molar-refractivity contribution in [3.63, 3.8) is 0 Å². The molecule has 5 nitrogen and oxygen atoms in total. The highest BCUT2D eigenvalue weighted by molar-refractivity contribution is 6.35. The Bertz CT molecular complexity index is 583. The third-order valence-corrected chi connectivity index (χ3v) is 3.59. The molecule has 1 atom stereocenters. The van der Waals surface area contributed by atoms with Crippen LogP contribution in [0.1, 0.15) is 6.92 Å². The second-order valence-corrected chi connectivity index (χ2v) is 4.99. The molecule has 0 spiro atoms. The van der Waals surface area contributed by atoms with Crippen LogP contribution in [-0.2, 0) is 11.8 Å². The lowest BCUT2D eigenvalue weighted by atomic mass is 10.2. The van der Waals surface area contributed by atoms with Crippen molar-refractivity contribution < 1.29 is 4.74 Å². The van der Waals surface area contributed by atoms with E-state index in [1.807, 2.05) is 13.1 Å². The first-order valence-corrected chi connectivity index (χ1v) is 6.37. The maximum Gasteiger partial charge on any atom is 0.131 e. The van der Waals surface area contributed by atoms with Gasteiger partial charge in [0.1, 0.15) is 16.9 Å². The largest absolute Gasteiger partial charge is 0.377 e. The number of aromatic nitrogens is 3. The van der Waals surface area contributed by atoms with Gasteiger partial charge in [0.05, 0.1) is 30.5 Å². The van der Waals surface area contributed by atoms with Gasteiger partial charge in [-0.3, -0.25) is 4.68 Å². The number of rotatable bonds is 1. The van der Waals surface area contributed by atoms with E-state index in [0.29, 0.717) is 11.1 Å². The van der Waals surface area contributed by atoms with E-state index in [1.54, 1.807) is 10.9 Å². The van der Waals surface area contributed by atoms with Gasteiger partial charge in [0, 0.05) is 19.7 Å². The highest BCUT2D eigenvalue weighted by atomic mass is 35.5. The summed E-state index contributed by atoms with van der Waals surface area (Å²) in [4.78, 5) is 6.86. The van der Waals surface area contributed by atoms with E-state index >= 15 is 0 Å². The van der Waals surface area contributed by atoms with Crippen LogP contribution in [0.25, 0.3) is 11.0 Å². The van der Waals surface area contributed by atoms with E-state index in [9.17, 15) is 0 Å². The molecule has 1 fully saturated rings. The zero-order chi connectivity index (χ0) is 12.7. The van der Waals surface area contributed by atoms with Crippen LogP contribution in [0.3, 0.4) is 0 Å². The first-order chi connectivity index (χ1) is 8.66. The fourth-order valence-electron chi connectivity index (χ4n) is 2.34. The van der Waals surface area contributed by atoms with Crippen molar-refractivity contribution in [3.05, 3.63) is 17.3 Å². The molecule has 18 heavy (non-hydrogen) atoms. The molecule has 2 aromatic rings. The number of aryl methyl sites for hydroxylation is 1. The van der Waals surface area contributed by atoms with Gasteiger partial charge >= 0.3 is 0 Å². The Morgan fingerprint density at radius 2 is 2.33 bits per heavy atom. The van der Waals surface area contributed by atoms with E-state index in [1.165, 1.54) is 0 Å². The minimum atomic E-state index is 0.316. The number of pyridine rings is 1. The zero-order valence-electron chi connectivity index (χ0n) is 10.4. The van der Waals surface area contributed by atoms with Crippen LogP contribution in [0.15, 0.2) is 12.3 Å². The molecule has 0 N–H and O–H groups in total. The standard InChI is InChI=1S/C12H15ClN4O/c1-8-7-18-4-3-17(8)11-5-9(13)12-10(15-11)6-14-16(12)2/h5-6,8H,3-4,7H2,1-2H3/t8-/m0/s1. The molecular formula is C12H15ClN4O. The molecule has 1 aliphatic heterocycles. The average molecular weight is 267 g/mol. The van der Waals surface area contributed by atoms with Gasteiger partial charge in [0.15, 0.2) is 0 Å². The van der Waals surface area contributed by atoms with Crippen molar-refractivity contribution >= 4 is 28.5 Å². The predicted octanol–water partition coefficient (Wildman–Crippen LogP) is 1.85. The molecule has 2 aromatic heterocycles. The van der Waals surface area contributed by atoms with Gasteiger partial charge in [0.25, 0.3) is 0 Å². The number of nitrogens with zero attached hydrogens (tertiary/aromatic N) is 4. The van der Waals surface area contributed by atoms with Crippen molar-refractivity contribution in [3.8, 4) is 0 Å². The summed E-state index contributed by atoms with van der Waals surface area (Å²) in [5.41, 5.74) is 1.71. The fraction of sp³-hybridized carbons (Fsp3) is 0.500. The number of ether oxygens (including phenoxy) is 1. The number of hydrogen-bond acceptors (Lipinski definition) is 4. The van der Waals surface area contributed by atoms with Crippen LogP contribution in [0.4, 0.5) is 5.82 Å². The van der Waals surface area contributed by atoms with Crippen LogP contribution in [-0.4, -0.2) is 40.6 Å². The molecule has 0 amide bonds. The summed E-state index contributed by atoms with van der Waals surface area (Å²) in [7, 11) is 1.87. The Kier molecular flexibility index (Phi) is 2.87. The van der Waals surface area contributed by atoms with E-state index in [0.717, 1.165) is 36.6 Å². The van der Waals surface area contributed by atoms with Gasteiger partial charge < -0.3 is 9.64 Å². The first-order valence-electron chi connectivity index (χ1n) is 5.99. The van der Waals surface area contributed by atoms with Gasteiger partial charge in [-0.2, -0.15) is 5.10 Å². The number of anilines is 1. The summed E-state index contributed by atoms with van der Waals surface area (Å²) in [5, 5.41) is 4.88. The Hall–Kier alpha value is -1.33. The van der Waals surface area contributed by atoms with E-state index in [-0.39, 0.29) is 0 Å². The topological polar surface area (TPSA) is 43.2 Å². The van der Waals surface area contributed by atoms with Crippen molar-refractivity contribution in [2.45, 2.75) is 13.0 Å². The van der Waals surface area contributed by atoms with Crippen LogP contribution in [0, 0.1) is 0 Å². The molecule has 3 rings (SSSR count). The first kappa shape index (κ1) is 11.7. The monoisotopic (exact) mass is 266 g/mol. The minimum absolute atomic E-state index is 0.316. The summed E-state index contributed by atoms with van der Waals surface area (Å²) in [6, 6.07) is 2.23. The summed E-state index contributed by atoms with van der Waals surface area (Å²) in [6.45, 7) is 4.43. The van der Waals surface area contributed by atoms with Gasteiger partial charge in [-0.05, 0) is 6.92 Å². The van der Waals surface area contributed by atoms with Gasteiger partial charge in [0.2, 0.25) is 0 Å². The average Bonchev–Trinajstić information content (AvgIpc) is 2.72. The molecule has 0 aromatic carbocycles. The second kappa shape index (κ2) is 4.40. The number of hydrogen-bond donors (Lipinski definition) is 0. The molecule has 96 valence electrons. The normalized spacial score (nSPS) is 20.6. The Balaban J connectivity index is 2.07. The van der Waals surface area contributed by atoms with Crippen LogP contribution < -0.4 is 4.90 Å². The number of morpholine rings is 1. The molecule has 3 heterocycles. The van der Waals surface area contributed by atoms with E-state index in [2.05, 4.69) is 21.9 Å². The molecule has 0 aliphatic carbocycles. The summed E-state index contributed by atoms with van der Waals surface area (Å²) >= 11 is 6.32.